The zero-order valence-electron chi connectivity index (χ0n) is 8.40. The van der Waals surface area contributed by atoms with E-state index in [-0.39, 0.29) is 29.6 Å². The maximum atomic E-state index is 3.34. The molecule has 0 aliphatic heterocycles. The van der Waals surface area contributed by atoms with E-state index in [1.807, 2.05) is 0 Å². The predicted molar refractivity (Wildman–Crippen MR) is 49.3 cm³/mol. The van der Waals surface area contributed by atoms with Gasteiger partial charge in [-0.05, 0) is 0 Å². The SMILES string of the molecule is CCCCCCC1=[C-]CC=C1.[Na+]. The van der Waals surface area contributed by atoms with E-state index >= 15 is 0 Å². The van der Waals surface area contributed by atoms with Gasteiger partial charge in [-0.15, -0.1) is 6.42 Å². The summed E-state index contributed by atoms with van der Waals surface area (Å²) in [6, 6.07) is 0. The Bertz CT molecular complexity index is 156. The molecule has 0 heterocycles. The van der Waals surface area contributed by atoms with Gasteiger partial charge in [0, 0.05) is 0 Å². The molecule has 0 bridgehead atoms. The van der Waals surface area contributed by atoms with Crippen LogP contribution in [0.4, 0.5) is 0 Å². The van der Waals surface area contributed by atoms with Crippen LogP contribution in [0, 0.1) is 6.08 Å². The van der Waals surface area contributed by atoms with Gasteiger partial charge in [0.1, 0.15) is 0 Å². The Hall–Kier alpha value is 0.480. The molecular formula is C11H17Na. The van der Waals surface area contributed by atoms with Gasteiger partial charge < -0.3 is 0 Å². The molecular weight excluding hydrogens is 155 g/mol. The largest absolute Gasteiger partial charge is 1.00 e. The number of allylic oxidation sites excluding steroid dienone is 4. The molecule has 0 aromatic rings. The zero-order valence-corrected chi connectivity index (χ0v) is 10.4. The summed E-state index contributed by atoms with van der Waals surface area (Å²) in [5, 5.41) is 0. The van der Waals surface area contributed by atoms with E-state index < -0.39 is 0 Å². The molecule has 1 rings (SSSR count). The minimum absolute atomic E-state index is 0. The molecule has 0 amide bonds. The molecule has 0 N–H and O–H groups in total. The van der Waals surface area contributed by atoms with Crippen LogP contribution in [0.3, 0.4) is 0 Å². The van der Waals surface area contributed by atoms with Gasteiger partial charge in [0.05, 0.1) is 0 Å². The smallest absolute Gasteiger partial charge is 0.269 e. The molecule has 0 spiro atoms. The Morgan fingerprint density at radius 3 is 2.75 bits per heavy atom. The molecule has 0 saturated heterocycles. The van der Waals surface area contributed by atoms with E-state index in [1.165, 1.54) is 37.7 Å². The molecule has 0 nitrogen and oxygen atoms in total. The first-order valence-corrected chi connectivity index (χ1v) is 4.69. The molecule has 1 aliphatic rings. The normalized spacial score (nSPS) is 14.2. The van der Waals surface area contributed by atoms with Gasteiger partial charge in [0.2, 0.25) is 0 Å². The Balaban J connectivity index is 0.00000121. The standard InChI is InChI=1S/C11H17.Na/c1-2-3-4-5-8-11-9-6-7-10-11;/h6,9H,2-5,7-8H2,1H3;/q-1;+1. The van der Waals surface area contributed by atoms with E-state index in [0.29, 0.717) is 0 Å². The van der Waals surface area contributed by atoms with E-state index in [1.54, 1.807) is 0 Å². The van der Waals surface area contributed by atoms with E-state index in [9.17, 15) is 0 Å². The average molecular weight is 172 g/mol. The second-order valence-electron chi connectivity index (χ2n) is 3.12. The molecule has 12 heavy (non-hydrogen) atoms. The summed E-state index contributed by atoms with van der Waals surface area (Å²) < 4.78 is 0. The Morgan fingerprint density at radius 2 is 2.17 bits per heavy atom. The number of rotatable bonds is 5. The Kier molecular flexibility index (Phi) is 8.42. The number of unbranched alkanes of at least 4 members (excludes halogenated alkanes) is 3. The molecule has 0 aromatic heterocycles. The molecule has 1 heteroatoms. The van der Waals surface area contributed by atoms with E-state index in [0.717, 1.165) is 6.42 Å². The van der Waals surface area contributed by atoms with Crippen LogP contribution in [-0.2, 0) is 0 Å². The van der Waals surface area contributed by atoms with Crippen molar-refractivity contribution in [1.82, 2.24) is 0 Å². The molecule has 0 saturated carbocycles. The quantitative estimate of drug-likeness (QED) is 0.324. The van der Waals surface area contributed by atoms with E-state index in [2.05, 4.69) is 25.2 Å². The fraction of sp³-hybridized carbons (Fsp3) is 0.636. The van der Waals surface area contributed by atoms with Crippen molar-refractivity contribution in [2.75, 3.05) is 0 Å². The van der Waals surface area contributed by atoms with Crippen molar-refractivity contribution in [3.8, 4) is 0 Å². The van der Waals surface area contributed by atoms with E-state index in [4.69, 9.17) is 0 Å². The molecule has 1 aliphatic carbocycles. The van der Waals surface area contributed by atoms with Crippen molar-refractivity contribution < 1.29 is 29.6 Å². The third kappa shape index (κ3) is 5.18. The summed E-state index contributed by atoms with van der Waals surface area (Å²) >= 11 is 0. The van der Waals surface area contributed by atoms with Crippen LogP contribution in [0.15, 0.2) is 17.7 Å². The van der Waals surface area contributed by atoms with Crippen LogP contribution in [0.5, 0.6) is 0 Å². The van der Waals surface area contributed by atoms with Crippen molar-refractivity contribution in [2.45, 2.75) is 45.4 Å². The molecule has 0 atom stereocenters. The third-order valence-electron chi connectivity index (χ3n) is 2.07. The molecule has 0 radical (unpaired) electrons. The monoisotopic (exact) mass is 172 g/mol. The van der Waals surface area contributed by atoms with Crippen LogP contribution >= 0.6 is 0 Å². The maximum absolute atomic E-state index is 3.34. The fourth-order valence-electron chi connectivity index (χ4n) is 1.36. The summed E-state index contributed by atoms with van der Waals surface area (Å²) in [5.74, 6) is 0. The van der Waals surface area contributed by atoms with Crippen molar-refractivity contribution >= 4 is 0 Å². The Morgan fingerprint density at radius 1 is 1.33 bits per heavy atom. The van der Waals surface area contributed by atoms with Crippen molar-refractivity contribution in [2.24, 2.45) is 0 Å². The van der Waals surface area contributed by atoms with Gasteiger partial charge in [0.15, 0.2) is 0 Å². The van der Waals surface area contributed by atoms with Gasteiger partial charge in [0.25, 0.3) is 0 Å². The topological polar surface area (TPSA) is 0 Å². The van der Waals surface area contributed by atoms with Crippen LogP contribution in [-0.4, -0.2) is 0 Å². The first-order chi connectivity index (χ1) is 5.43. The zero-order chi connectivity index (χ0) is 7.94. The number of hydrogen-bond donors (Lipinski definition) is 0. The van der Waals surface area contributed by atoms with Crippen LogP contribution in [0.2, 0.25) is 0 Å². The molecule has 62 valence electrons. The third-order valence-corrected chi connectivity index (χ3v) is 2.07. The van der Waals surface area contributed by atoms with Crippen LogP contribution < -0.4 is 29.6 Å². The molecule has 0 aromatic carbocycles. The maximum Gasteiger partial charge on any atom is 1.00 e. The summed E-state index contributed by atoms with van der Waals surface area (Å²) in [6.07, 6.45) is 15.5. The second kappa shape index (κ2) is 8.10. The van der Waals surface area contributed by atoms with Crippen molar-refractivity contribution in [3.05, 3.63) is 23.8 Å². The summed E-state index contributed by atoms with van der Waals surface area (Å²) in [7, 11) is 0. The Labute approximate surface area is 98.4 Å². The summed E-state index contributed by atoms with van der Waals surface area (Å²) in [5.41, 5.74) is 1.43. The summed E-state index contributed by atoms with van der Waals surface area (Å²) in [4.78, 5) is 0. The minimum atomic E-state index is 0. The molecule has 0 unspecified atom stereocenters. The van der Waals surface area contributed by atoms with Gasteiger partial charge in [-0.25, -0.2) is 11.6 Å². The number of hydrogen-bond acceptors (Lipinski definition) is 0. The van der Waals surface area contributed by atoms with Crippen molar-refractivity contribution in [3.63, 3.8) is 0 Å². The predicted octanol–water partition coefficient (Wildman–Crippen LogP) is 0.650. The van der Waals surface area contributed by atoms with Gasteiger partial charge in [-0.2, -0.15) is 6.08 Å². The van der Waals surface area contributed by atoms with Gasteiger partial charge >= 0.3 is 29.6 Å². The second-order valence-corrected chi connectivity index (χ2v) is 3.12. The average Bonchev–Trinajstić information content (AvgIpc) is 2.50. The van der Waals surface area contributed by atoms with Gasteiger partial charge in [-0.3, -0.25) is 6.08 Å². The van der Waals surface area contributed by atoms with Gasteiger partial charge in [-0.1, -0.05) is 39.0 Å². The van der Waals surface area contributed by atoms with Crippen LogP contribution in [0.25, 0.3) is 0 Å². The first-order valence-electron chi connectivity index (χ1n) is 4.69. The fourth-order valence-corrected chi connectivity index (χ4v) is 1.36. The molecule has 0 fully saturated rings. The minimum Gasteiger partial charge on any atom is -0.269 e. The summed E-state index contributed by atoms with van der Waals surface area (Å²) in [6.45, 7) is 2.25. The van der Waals surface area contributed by atoms with Crippen molar-refractivity contribution in [1.29, 1.82) is 0 Å². The van der Waals surface area contributed by atoms with Crippen LogP contribution in [0.1, 0.15) is 45.4 Å². The first kappa shape index (κ1) is 12.5.